The standard InChI is InChI=1S/C19H23N3O3/c20-12-17(19(25)21-10-5-1-2-8-18(23)24)14-22-11-9-15-6-3-4-7-16(15)13-22/h3-4,6-7,14H,1-2,5,8-11,13H2,(H,21,25)(H,23,24)/b17-14-. The molecule has 6 nitrogen and oxygen atoms in total. The Bertz CT molecular complexity index is 691. The third-order valence-corrected chi connectivity index (χ3v) is 4.19. The van der Waals surface area contributed by atoms with Crippen molar-refractivity contribution in [2.45, 2.75) is 38.6 Å². The lowest BCUT2D eigenvalue weighted by atomic mass is 10.0. The molecule has 2 N–H and O–H groups in total. The Labute approximate surface area is 147 Å². The lowest BCUT2D eigenvalue weighted by Gasteiger charge is -2.27. The van der Waals surface area contributed by atoms with Gasteiger partial charge >= 0.3 is 5.97 Å². The van der Waals surface area contributed by atoms with E-state index >= 15 is 0 Å². The highest BCUT2D eigenvalue weighted by Gasteiger charge is 2.16. The number of fused-ring (bicyclic) bond motifs is 1. The molecule has 0 saturated heterocycles. The number of rotatable bonds is 8. The Kier molecular flexibility index (Phi) is 7.02. The lowest BCUT2D eigenvalue weighted by Crippen LogP contribution is -2.30. The van der Waals surface area contributed by atoms with Gasteiger partial charge in [-0.25, -0.2) is 0 Å². The fourth-order valence-corrected chi connectivity index (χ4v) is 2.82. The van der Waals surface area contributed by atoms with Crippen molar-refractivity contribution in [3.8, 4) is 6.07 Å². The zero-order valence-electron chi connectivity index (χ0n) is 14.2. The van der Waals surface area contributed by atoms with Crippen LogP contribution in [0.2, 0.25) is 0 Å². The summed E-state index contributed by atoms with van der Waals surface area (Å²) < 4.78 is 0. The van der Waals surface area contributed by atoms with Crippen molar-refractivity contribution in [1.29, 1.82) is 5.26 Å². The van der Waals surface area contributed by atoms with E-state index in [-0.39, 0.29) is 17.9 Å². The Hall–Kier alpha value is -2.81. The summed E-state index contributed by atoms with van der Waals surface area (Å²) in [5.41, 5.74) is 2.64. The summed E-state index contributed by atoms with van der Waals surface area (Å²) in [6.07, 6.45) is 4.72. The van der Waals surface area contributed by atoms with Crippen molar-refractivity contribution in [2.24, 2.45) is 0 Å². The number of benzene rings is 1. The average Bonchev–Trinajstić information content (AvgIpc) is 2.62. The van der Waals surface area contributed by atoms with Crippen molar-refractivity contribution in [2.75, 3.05) is 13.1 Å². The maximum absolute atomic E-state index is 12.1. The molecular weight excluding hydrogens is 318 g/mol. The van der Waals surface area contributed by atoms with Crippen molar-refractivity contribution < 1.29 is 14.7 Å². The summed E-state index contributed by atoms with van der Waals surface area (Å²) in [5.74, 6) is -1.18. The average molecular weight is 341 g/mol. The Balaban J connectivity index is 1.81. The van der Waals surface area contributed by atoms with Crippen LogP contribution in [0.3, 0.4) is 0 Å². The highest BCUT2D eigenvalue weighted by Crippen LogP contribution is 2.19. The molecule has 0 saturated carbocycles. The predicted octanol–water partition coefficient (Wildman–Crippen LogP) is 2.21. The number of nitrogens with zero attached hydrogens (tertiary/aromatic N) is 2. The van der Waals surface area contributed by atoms with Crippen molar-refractivity contribution >= 4 is 11.9 Å². The van der Waals surface area contributed by atoms with Gasteiger partial charge in [0, 0.05) is 32.3 Å². The number of unbranched alkanes of at least 4 members (excludes halogenated alkanes) is 2. The maximum Gasteiger partial charge on any atom is 0.303 e. The van der Waals surface area contributed by atoms with Gasteiger partial charge in [0.25, 0.3) is 5.91 Å². The van der Waals surface area contributed by atoms with Crippen LogP contribution in [0.1, 0.15) is 36.8 Å². The largest absolute Gasteiger partial charge is 0.481 e. The van der Waals surface area contributed by atoms with Gasteiger partial charge in [-0.1, -0.05) is 30.7 Å². The molecule has 0 fully saturated rings. The first-order valence-electron chi connectivity index (χ1n) is 8.53. The Morgan fingerprint density at radius 3 is 2.72 bits per heavy atom. The van der Waals surface area contributed by atoms with Crippen LogP contribution in [0, 0.1) is 11.3 Å². The van der Waals surface area contributed by atoms with Crippen LogP contribution >= 0.6 is 0 Å². The molecule has 25 heavy (non-hydrogen) atoms. The quantitative estimate of drug-likeness (QED) is 0.429. The van der Waals surface area contributed by atoms with E-state index in [1.807, 2.05) is 23.1 Å². The topological polar surface area (TPSA) is 93.4 Å². The number of carbonyl (C=O) groups excluding carboxylic acids is 1. The Morgan fingerprint density at radius 1 is 1.24 bits per heavy atom. The molecule has 1 aromatic rings. The van der Waals surface area contributed by atoms with Gasteiger partial charge < -0.3 is 15.3 Å². The minimum Gasteiger partial charge on any atom is -0.481 e. The van der Waals surface area contributed by atoms with Crippen LogP contribution in [-0.2, 0) is 22.6 Å². The monoisotopic (exact) mass is 341 g/mol. The molecule has 0 radical (unpaired) electrons. The molecule has 0 bridgehead atoms. The van der Waals surface area contributed by atoms with Gasteiger partial charge in [0.2, 0.25) is 0 Å². The van der Waals surface area contributed by atoms with Crippen molar-refractivity contribution in [3.05, 3.63) is 47.2 Å². The van der Waals surface area contributed by atoms with Gasteiger partial charge in [-0.05, 0) is 30.4 Å². The third kappa shape index (κ3) is 5.96. The van der Waals surface area contributed by atoms with E-state index in [1.54, 1.807) is 6.20 Å². The molecule has 0 aromatic heterocycles. The normalized spacial score (nSPS) is 13.7. The number of nitrogens with one attached hydrogen (secondary N) is 1. The second-order valence-corrected chi connectivity index (χ2v) is 6.10. The first-order valence-corrected chi connectivity index (χ1v) is 8.53. The number of amides is 1. The SMILES string of the molecule is N#C/C(=C/N1CCc2ccccc2C1)C(=O)NCCCCCC(=O)O. The molecule has 132 valence electrons. The fraction of sp³-hybridized carbons (Fsp3) is 0.421. The van der Waals surface area contributed by atoms with E-state index in [4.69, 9.17) is 5.11 Å². The number of aliphatic carboxylic acids is 1. The summed E-state index contributed by atoms with van der Waals surface area (Å²) >= 11 is 0. The molecule has 0 atom stereocenters. The summed E-state index contributed by atoms with van der Waals surface area (Å²) in [4.78, 5) is 24.5. The zero-order valence-corrected chi connectivity index (χ0v) is 14.2. The third-order valence-electron chi connectivity index (χ3n) is 4.19. The van der Waals surface area contributed by atoms with Gasteiger partial charge in [-0.2, -0.15) is 5.26 Å². The van der Waals surface area contributed by atoms with E-state index in [2.05, 4.69) is 17.4 Å². The Morgan fingerprint density at radius 2 is 2.00 bits per heavy atom. The summed E-state index contributed by atoms with van der Waals surface area (Å²) in [5, 5.41) is 20.5. The molecule has 2 rings (SSSR count). The van der Waals surface area contributed by atoms with Gasteiger partial charge in [0.05, 0.1) is 0 Å². The van der Waals surface area contributed by atoms with Crippen LogP contribution in [0.25, 0.3) is 0 Å². The maximum atomic E-state index is 12.1. The second kappa shape index (κ2) is 9.48. The molecule has 0 spiro atoms. The van der Waals surface area contributed by atoms with Crippen LogP contribution in [0.4, 0.5) is 0 Å². The second-order valence-electron chi connectivity index (χ2n) is 6.10. The minimum absolute atomic E-state index is 0.102. The fourth-order valence-electron chi connectivity index (χ4n) is 2.82. The van der Waals surface area contributed by atoms with Gasteiger partial charge in [0.1, 0.15) is 11.6 Å². The highest BCUT2D eigenvalue weighted by molar-refractivity contribution is 5.97. The van der Waals surface area contributed by atoms with Gasteiger partial charge in [-0.3, -0.25) is 9.59 Å². The highest BCUT2D eigenvalue weighted by atomic mass is 16.4. The smallest absolute Gasteiger partial charge is 0.303 e. The van der Waals surface area contributed by atoms with Crippen LogP contribution in [-0.4, -0.2) is 35.0 Å². The number of hydrogen-bond acceptors (Lipinski definition) is 4. The molecule has 1 heterocycles. The van der Waals surface area contributed by atoms with E-state index in [0.29, 0.717) is 25.9 Å². The zero-order chi connectivity index (χ0) is 18.1. The van der Waals surface area contributed by atoms with E-state index in [1.165, 1.54) is 11.1 Å². The number of carboxylic acid groups (broad SMARTS) is 1. The van der Waals surface area contributed by atoms with Crippen LogP contribution in [0.15, 0.2) is 36.0 Å². The first-order chi connectivity index (χ1) is 12.1. The molecule has 1 aromatic carbocycles. The van der Waals surface area contributed by atoms with E-state index in [9.17, 15) is 14.9 Å². The molecule has 1 aliphatic heterocycles. The van der Waals surface area contributed by atoms with E-state index < -0.39 is 5.97 Å². The summed E-state index contributed by atoms with van der Waals surface area (Å²) in [6.45, 7) is 1.93. The van der Waals surface area contributed by atoms with Crippen LogP contribution < -0.4 is 5.32 Å². The summed E-state index contributed by atoms with van der Waals surface area (Å²) in [7, 11) is 0. The lowest BCUT2D eigenvalue weighted by molar-refractivity contribution is -0.137. The van der Waals surface area contributed by atoms with Gasteiger partial charge in [0.15, 0.2) is 0 Å². The molecule has 0 aliphatic carbocycles. The molecule has 1 amide bonds. The summed E-state index contributed by atoms with van der Waals surface area (Å²) in [6, 6.07) is 10.2. The first kappa shape index (κ1) is 18.5. The van der Waals surface area contributed by atoms with E-state index in [0.717, 1.165) is 19.4 Å². The van der Waals surface area contributed by atoms with Gasteiger partial charge in [-0.15, -0.1) is 0 Å². The number of carbonyl (C=O) groups is 2. The van der Waals surface area contributed by atoms with Crippen LogP contribution in [0.5, 0.6) is 0 Å². The molecule has 6 heteroatoms. The van der Waals surface area contributed by atoms with Crippen molar-refractivity contribution in [3.63, 3.8) is 0 Å². The molecule has 1 aliphatic rings. The molecule has 0 unspecified atom stereocenters. The molecular formula is C19H23N3O3. The van der Waals surface area contributed by atoms with Crippen molar-refractivity contribution in [1.82, 2.24) is 10.2 Å². The minimum atomic E-state index is -0.804. The number of carboxylic acids is 1. The number of nitriles is 1. The predicted molar refractivity (Wildman–Crippen MR) is 93.4 cm³/mol. The number of hydrogen-bond donors (Lipinski definition) is 2.